The molecule has 0 saturated heterocycles. The van der Waals surface area contributed by atoms with Crippen molar-refractivity contribution < 1.29 is 10.2 Å². The number of hydrogen-bond acceptors (Lipinski definition) is 2. The summed E-state index contributed by atoms with van der Waals surface area (Å²) >= 11 is 0. The third-order valence-corrected chi connectivity index (χ3v) is 0.900. The van der Waals surface area contributed by atoms with Crippen molar-refractivity contribution >= 4 is 0 Å². The van der Waals surface area contributed by atoms with Crippen molar-refractivity contribution in [2.75, 3.05) is 0 Å². The Bertz CT molecular complexity index is 51.6. The highest BCUT2D eigenvalue weighted by Crippen LogP contribution is 2.04. The van der Waals surface area contributed by atoms with Crippen LogP contribution in [-0.4, -0.2) is 21.9 Å². The number of aliphatic hydroxyl groups excluding tert-OH is 1. The molecule has 0 aromatic rings. The Morgan fingerprint density at radius 1 is 1.71 bits per heavy atom. The largest absolute Gasteiger partial charge is 0.390 e. The van der Waals surface area contributed by atoms with Crippen LogP contribution in [0.3, 0.4) is 0 Å². The Morgan fingerprint density at radius 2 is 1.86 bits per heavy atom. The van der Waals surface area contributed by atoms with Crippen molar-refractivity contribution in [3.63, 3.8) is 0 Å². The van der Waals surface area contributed by atoms with Crippen molar-refractivity contribution in [3.05, 3.63) is 6.92 Å². The van der Waals surface area contributed by atoms with Gasteiger partial charge in [-0.3, -0.25) is 0 Å². The predicted molar refractivity (Wildman–Crippen MR) is 27.7 cm³/mol. The van der Waals surface area contributed by atoms with Gasteiger partial charge in [0.1, 0.15) is 0 Å². The quantitative estimate of drug-likeness (QED) is 0.488. The van der Waals surface area contributed by atoms with Crippen LogP contribution in [0.2, 0.25) is 0 Å². The summed E-state index contributed by atoms with van der Waals surface area (Å²) in [5.74, 6) is 0. The molecule has 0 aromatic heterocycles. The van der Waals surface area contributed by atoms with Gasteiger partial charge in [0.2, 0.25) is 0 Å². The molecule has 0 rings (SSSR count). The van der Waals surface area contributed by atoms with Crippen LogP contribution in [0.15, 0.2) is 0 Å². The summed E-state index contributed by atoms with van der Waals surface area (Å²) < 4.78 is 0. The lowest BCUT2D eigenvalue weighted by molar-refractivity contribution is -0.0175. The second-order valence-corrected chi connectivity index (χ2v) is 2.03. The molecule has 0 aromatic carbocycles. The first-order valence-corrected chi connectivity index (χ1v) is 2.20. The van der Waals surface area contributed by atoms with Gasteiger partial charge in [0.25, 0.3) is 0 Å². The normalized spacial score (nSPS) is 16.7. The van der Waals surface area contributed by atoms with E-state index in [1.807, 2.05) is 0 Å². The summed E-state index contributed by atoms with van der Waals surface area (Å²) in [6.07, 6.45) is -0.757. The topological polar surface area (TPSA) is 40.5 Å². The van der Waals surface area contributed by atoms with Crippen LogP contribution >= 0.6 is 0 Å². The second kappa shape index (κ2) is 1.80. The molecule has 1 radical (unpaired) electrons. The Hall–Kier alpha value is -0.0800. The zero-order valence-corrected chi connectivity index (χ0v) is 4.68. The summed E-state index contributed by atoms with van der Waals surface area (Å²) in [4.78, 5) is 0. The zero-order chi connectivity index (χ0) is 6.08. The van der Waals surface area contributed by atoms with Crippen LogP contribution in [-0.2, 0) is 0 Å². The van der Waals surface area contributed by atoms with Crippen LogP contribution < -0.4 is 0 Å². The molecule has 2 N–H and O–H groups in total. The van der Waals surface area contributed by atoms with Gasteiger partial charge in [-0.05, 0) is 20.8 Å². The molecule has 0 aliphatic rings. The van der Waals surface area contributed by atoms with E-state index in [9.17, 15) is 0 Å². The summed E-state index contributed by atoms with van der Waals surface area (Å²) in [5.41, 5.74) is -1.19. The van der Waals surface area contributed by atoms with Gasteiger partial charge in [-0.1, -0.05) is 0 Å². The molecule has 0 aliphatic carbocycles. The molecule has 0 aliphatic heterocycles. The van der Waals surface area contributed by atoms with E-state index in [4.69, 9.17) is 10.2 Å². The van der Waals surface area contributed by atoms with E-state index < -0.39 is 11.7 Å². The Balaban J connectivity index is 3.54. The van der Waals surface area contributed by atoms with Gasteiger partial charge in [-0.2, -0.15) is 0 Å². The first kappa shape index (κ1) is 6.92. The molecular formula is C5H11O2. The molecule has 0 bridgehead atoms. The third-order valence-electron chi connectivity index (χ3n) is 0.900. The van der Waals surface area contributed by atoms with Crippen molar-refractivity contribution in [3.8, 4) is 0 Å². The summed E-state index contributed by atoms with van der Waals surface area (Å²) in [5, 5.41) is 17.3. The van der Waals surface area contributed by atoms with Crippen molar-refractivity contribution in [1.82, 2.24) is 0 Å². The van der Waals surface area contributed by atoms with Gasteiger partial charge in [0.15, 0.2) is 0 Å². The van der Waals surface area contributed by atoms with E-state index in [0.29, 0.717) is 0 Å². The van der Waals surface area contributed by atoms with E-state index in [1.54, 1.807) is 0 Å². The first-order chi connectivity index (χ1) is 2.94. The molecule has 7 heavy (non-hydrogen) atoms. The van der Waals surface area contributed by atoms with E-state index >= 15 is 0 Å². The van der Waals surface area contributed by atoms with Crippen molar-refractivity contribution in [2.24, 2.45) is 0 Å². The van der Waals surface area contributed by atoms with Crippen LogP contribution in [0, 0.1) is 6.92 Å². The highest BCUT2D eigenvalue weighted by molar-refractivity contribution is 4.80. The Kier molecular flexibility index (Phi) is 1.78. The highest BCUT2D eigenvalue weighted by atomic mass is 16.3. The number of rotatable bonds is 1. The van der Waals surface area contributed by atoms with E-state index in [1.165, 1.54) is 13.8 Å². The molecule has 0 heterocycles. The van der Waals surface area contributed by atoms with Gasteiger partial charge >= 0.3 is 0 Å². The maximum absolute atomic E-state index is 8.73. The summed E-state index contributed by atoms with van der Waals surface area (Å²) in [6.45, 7) is 6.22. The SMILES string of the molecule is [CH2]C(C)(O)C(C)O. The average molecular weight is 103 g/mol. The molecule has 2 heteroatoms. The van der Waals surface area contributed by atoms with E-state index in [0.717, 1.165) is 0 Å². The minimum Gasteiger partial charge on any atom is -0.390 e. The smallest absolute Gasteiger partial charge is 0.0875 e. The Labute approximate surface area is 43.8 Å². The van der Waals surface area contributed by atoms with Crippen LogP contribution in [0.4, 0.5) is 0 Å². The zero-order valence-electron chi connectivity index (χ0n) is 4.68. The van der Waals surface area contributed by atoms with Crippen LogP contribution in [0.25, 0.3) is 0 Å². The minimum absolute atomic E-state index is 0.757. The van der Waals surface area contributed by atoms with E-state index in [2.05, 4.69) is 6.92 Å². The Morgan fingerprint density at radius 3 is 1.86 bits per heavy atom. The van der Waals surface area contributed by atoms with Gasteiger partial charge in [0.05, 0.1) is 11.7 Å². The molecule has 0 spiro atoms. The maximum Gasteiger partial charge on any atom is 0.0875 e. The standard InChI is InChI=1S/C5H11O2/c1-4(6)5(2,3)7/h4,6-7H,2H2,1,3H3. The molecule has 2 unspecified atom stereocenters. The molecule has 0 fully saturated rings. The molecule has 2 atom stereocenters. The molecule has 0 saturated carbocycles. The molecule has 43 valence electrons. The number of aliphatic hydroxyl groups is 2. The maximum atomic E-state index is 8.73. The van der Waals surface area contributed by atoms with Gasteiger partial charge in [0, 0.05) is 0 Å². The monoisotopic (exact) mass is 103 g/mol. The molecule has 2 nitrogen and oxygen atoms in total. The predicted octanol–water partition coefficient (Wildman–Crippen LogP) is -0.0477. The molecular weight excluding hydrogens is 92.1 g/mol. The summed E-state index contributed by atoms with van der Waals surface area (Å²) in [6, 6.07) is 0. The van der Waals surface area contributed by atoms with Crippen LogP contribution in [0.1, 0.15) is 13.8 Å². The van der Waals surface area contributed by atoms with Gasteiger partial charge < -0.3 is 10.2 Å². The fourth-order valence-corrected chi connectivity index (χ4v) is 0. The van der Waals surface area contributed by atoms with Crippen LogP contribution in [0.5, 0.6) is 0 Å². The highest BCUT2D eigenvalue weighted by Gasteiger charge is 2.18. The molecule has 0 amide bonds. The fourth-order valence-electron chi connectivity index (χ4n) is 0. The fraction of sp³-hybridized carbons (Fsp3) is 0.800. The lowest BCUT2D eigenvalue weighted by Gasteiger charge is -2.19. The lowest BCUT2D eigenvalue weighted by Crippen LogP contribution is -2.33. The third kappa shape index (κ3) is 2.60. The minimum atomic E-state index is -1.19. The summed E-state index contributed by atoms with van der Waals surface area (Å²) in [7, 11) is 0. The second-order valence-electron chi connectivity index (χ2n) is 2.03. The average Bonchev–Trinajstić information content (AvgIpc) is 1.31. The van der Waals surface area contributed by atoms with Crippen molar-refractivity contribution in [2.45, 2.75) is 25.6 Å². The van der Waals surface area contributed by atoms with Gasteiger partial charge in [-0.25, -0.2) is 0 Å². The first-order valence-electron chi connectivity index (χ1n) is 2.20. The van der Waals surface area contributed by atoms with Crippen molar-refractivity contribution in [1.29, 1.82) is 0 Å². The lowest BCUT2D eigenvalue weighted by atomic mass is 10.0. The number of hydrogen-bond donors (Lipinski definition) is 2. The van der Waals surface area contributed by atoms with E-state index in [-0.39, 0.29) is 0 Å². The van der Waals surface area contributed by atoms with Gasteiger partial charge in [-0.15, -0.1) is 0 Å².